The molecule has 4 heteroatoms. The minimum atomic E-state index is 0.594. The van der Waals surface area contributed by atoms with Gasteiger partial charge in [-0.05, 0) is 59.6 Å². The minimum absolute atomic E-state index is 0.594. The second kappa shape index (κ2) is 8.54. The molecule has 2 unspecified atom stereocenters. The summed E-state index contributed by atoms with van der Waals surface area (Å²) in [6, 6.07) is 2.09. The highest BCUT2D eigenvalue weighted by Gasteiger charge is 2.19. The molecule has 1 aromatic heterocycles. The molecule has 21 heavy (non-hydrogen) atoms. The monoisotopic (exact) mass is 352 g/mol. The van der Waals surface area contributed by atoms with E-state index in [4.69, 9.17) is 4.74 Å². The summed E-state index contributed by atoms with van der Waals surface area (Å²) in [6.45, 7) is 7.03. The Morgan fingerprint density at radius 1 is 1.38 bits per heavy atom. The molecule has 116 valence electrons. The van der Waals surface area contributed by atoms with Crippen molar-refractivity contribution < 1.29 is 4.74 Å². The molecule has 1 aliphatic rings. The Balaban J connectivity index is 1.96. The Hall–Kier alpha value is -0.870. The molecule has 1 aliphatic carbocycles. The predicted molar refractivity (Wildman–Crippen MR) is 90.5 cm³/mol. The Morgan fingerprint density at radius 3 is 2.95 bits per heavy atom. The summed E-state index contributed by atoms with van der Waals surface area (Å²) in [5.74, 6) is 2.05. The van der Waals surface area contributed by atoms with E-state index in [1.165, 1.54) is 0 Å². The lowest BCUT2D eigenvalue weighted by Crippen LogP contribution is -2.22. The van der Waals surface area contributed by atoms with E-state index in [9.17, 15) is 0 Å². The lowest BCUT2D eigenvalue weighted by atomic mass is 9.85. The molecule has 0 fully saturated rings. The first kappa shape index (κ1) is 16.5. The van der Waals surface area contributed by atoms with E-state index in [-0.39, 0.29) is 0 Å². The third-order valence-electron chi connectivity index (χ3n) is 3.99. The van der Waals surface area contributed by atoms with Crippen LogP contribution in [0.2, 0.25) is 0 Å². The number of halogens is 1. The maximum atomic E-state index is 6.03. The van der Waals surface area contributed by atoms with Gasteiger partial charge in [0.25, 0.3) is 0 Å². The number of aromatic nitrogens is 1. The molecule has 2 rings (SSSR count). The molecule has 0 spiro atoms. The molecule has 0 radical (unpaired) electrons. The van der Waals surface area contributed by atoms with Crippen LogP contribution in [-0.2, 0) is 6.54 Å². The van der Waals surface area contributed by atoms with Crippen molar-refractivity contribution in [2.75, 3.05) is 13.2 Å². The maximum absolute atomic E-state index is 6.03. The van der Waals surface area contributed by atoms with Crippen molar-refractivity contribution in [1.82, 2.24) is 10.3 Å². The second-order valence-corrected chi connectivity index (χ2v) is 6.70. The smallest absolute Gasteiger partial charge is 0.217 e. The third-order valence-corrected chi connectivity index (χ3v) is 4.42. The first-order valence-corrected chi connectivity index (χ1v) is 8.63. The van der Waals surface area contributed by atoms with Gasteiger partial charge in [-0.15, -0.1) is 0 Å². The number of hydrogen-bond acceptors (Lipinski definition) is 3. The van der Waals surface area contributed by atoms with Crippen molar-refractivity contribution in [3.63, 3.8) is 0 Å². The van der Waals surface area contributed by atoms with Gasteiger partial charge in [0.2, 0.25) is 5.88 Å². The lowest BCUT2D eigenvalue weighted by Gasteiger charge is -2.25. The van der Waals surface area contributed by atoms with Crippen LogP contribution in [0.25, 0.3) is 0 Å². The average Bonchev–Trinajstić information content (AvgIpc) is 2.48. The molecule has 3 nitrogen and oxygen atoms in total. The van der Waals surface area contributed by atoms with Crippen LogP contribution in [0.1, 0.15) is 38.7 Å². The molecule has 1 N–H and O–H groups in total. The zero-order chi connectivity index (χ0) is 15.1. The second-order valence-electron chi connectivity index (χ2n) is 5.79. The van der Waals surface area contributed by atoms with Crippen molar-refractivity contribution in [3.8, 4) is 5.88 Å². The number of rotatable bonds is 7. The van der Waals surface area contributed by atoms with E-state index in [0.29, 0.717) is 11.8 Å². The summed E-state index contributed by atoms with van der Waals surface area (Å²) in [7, 11) is 0. The Kier molecular flexibility index (Phi) is 6.71. The minimum Gasteiger partial charge on any atom is -0.477 e. The topological polar surface area (TPSA) is 34.2 Å². The highest BCUT2D eigenvalue weighted by atomic mass is 79.9. The number of hydrogen-bond donors (Lipinski definition) is 1. The summed E-state index contributed by atoms with van der Waals surface area (Å²) >= 11 is 3.49. The summed E-state index contributed by atoms with van der Waals surface area (Å²) in [5, 5.41) is 3.41. The van der Waals surface area contributed by atoms with Gasteiger partial charge in [-0.25, -0.2) is 4.98 Å². The van der Waals surface area contributed by atoms with Gasteiger partial charge in [0.15, 0.2) is 0 Å². The molecule has 2 atom stereocenters. The van der Waals surface area contributed by atoms with E-state index in [2.05, 4.69) is 58.3 Å². The van der Waals surface area contributed by atoms with E-state index < -0.39 is 0 Å². The largest absolute Gasteiger partial charge is 0.477 e. The quantitative estimate of drug-likeness (QED) is 0.585. The summed E-state index contributed by atoms with van der Waals surface area (Å²) in [6.07, 6.45) is 9.76. The molecule has 0 saturated heterocycles. The highest BCUT2D eigenvalue weighted by molar-refractivity contribution is 9.10. The standard InChI is InChI=1S/C17H25BrN2O/c1-3-8-19-10-15-9-16(18)11-20-17(15)21-12-14-7-5-4-6-13(14)2/h4-5,9,11,13-14,19H,3,6-8,10,12H2,1-2H3. The van der Waals surface area contributed by atoms with Crippen molar-refractivity contribution in [1.29, 1.82) is 0 Å². The van der Waals surface area contributed by atoms with Gasteiger partial charge in [-0.2, -0.15) is 0 Å². The molecule has 0 saturated carbocycles. The zero-order valence-corrected chi connectivity index (χ0v) is 14.5. The first-order valence-electron chi connectivity index (χ1n) is 7.83. The molecule has 0 amide bonds. The van der Waals surface area contributed by atoms with Crippen LogP contribution >= 0.6 is 15.9 Å². The normalized spacial score (nSPS) is 21.5. The highest BCUT2D eigenvalue weighted by Crippen LogP contribution is 2.27. The zero-order valence-electron chi connectivity index (χ0n) is 12.9. The number of nitrogens with one attached hydrogen (secondary N) is 1. The lowest BCUT2D eigenvalue weighted by molar-refractivity contribution is 0.191. The Labute approximate surface area is 136 Å². The van der Waals surface area contributed by atoms with Gasteiger partial charge in [-0.3, -0.25) is 0 Å². The van der Waals surface area contributed by atoms with E-state index >= 15 is 0 Å². The Morgan fingerprint density at radius 2 is 2.19 bits per heavy atom. The fraction of sp³-hybridized carbons (Fsp3) is 0.588. The average molecular weight is 353 g/mol. The molecule has 0 bridgehead atoms. The molecule has 1 aromatic rings. The van der Waals surface area contributed by atoms with Crippen LogP contribution in [-0.4, -0.2) is 18.1 Å². The predicted octanol–water partition coefficient (Wildman–Crippen LogP) is 4.32. The van der Waals surface area contributed by atoms with E-state index in [0.717, 1.165) is 54.9 Å². The van der Waals surface area contributed by atoms with Crippen LogP contribution in [0.5, 0.6) is 5.88 Å². The van der Waals surface area contributed by atoms with Crippen LogP contribution in [0, 0.1) is 11.8 Å². The molecular formula is C17H25BrN2O. The molecule has 0 aliphatic heterocycles. The van der Waals surface area contributed by atoms with E-state index in [1.807, 2.05) is 6.20 Å². The molecule has 0 aromatic carbocycles. The van der Waals surface area contributed by atoms with Crippen LogP contribution in [0.4, 0.5) is 0 Å². The van der Waals surface area contributed by atoms with Crippen LogP contribution in [0.15, 0.2) is 28.9 Å². The number of ether oxygens (including phenoxy) is 1. The number of allylic oxidation sites excluding steroid dienone is 2. The van der Waals surface area contributed by atoms with E-state index in [1.54, 1.807) is 0 Å². The van der Waals surface area contributed by atoms with Crippen molar-refractivity contribution in [2.24, 2.45) is 11.8 Å². The van der Waals surface area contributed by atoms with Crippen molar-refractivity contribution in [3.05, 3.63) is 34.5 Å². The maximum Gasteiger partial charge on any atom is 0.217 e. The SMILES string of the molecule is CCCNCc1cc(Br)cnc1OCC1CC=CCC1C. The fourth-order valence-corrected chi connectivity index (χ4v) is 2.93. The van der Waals surface area contributed by atoms with Gasteiger partial charge in [0.05, 0.1) is 6.61 Å². The number of pyridine rings is 1. The molecular weight excluding hydrogens is 328 g/mol. The van der Waals surface area contributed by atoms with Crippen molar-refractivity contribution in [2.45, 2.75) is 39.7 Å². The van der Waals surface area contributed by atoms with Gasteiger partial charge in [0, 0.05) is 22.8 Å². The van der Waals surface area contributed by atoms with Gasteiger partial charge < -0.3 is 10.1 Å². The Bertz CT molecular complexity index is 476. The van der Waals surface area contributed by atoms with Crippen LogP contribution in [0.3, 0.4) is 0 Å². The summed E-state index contributed by atoms with van der Waals surface area (Å²) < 4.78 is 7.02. The number of nitrogens with zero attached hydrogens (tertiary/aromatic N) is 1. The van der Waals surface area contributed by atoms with Crippen molar-refractivity contribution >= 4 is 15.9 Å². The summed E-state index contributed by atoms with van der Waals surface area (Å²) in [5.41, 5.74) is 1.12. The van der Waals surface area contributed by atoms with Gasteiger partial charge in [0.1, 0.15) is 0 Å². The fourth-order valence-electron chi connectivity index (χ4n) is 2.55. The first-order chi connectivity index (χ1) is 10.2. The third kappa shape index (κ3) is 5.11. The van der Waals surface area contributed by atoms with Gasteiger partial charge in [-0.1, -0.05) is 26.0 Å². The summed E-state index contributed by atoms with van der Waals surface area (Å²) in [4.78, 5) is 4.44. The molecule has 1 heterocycles. The van der Waals surface area contributed by atoms with Crippen LogP contribution < -0.4 is 10.1 Å². The van der Waals surface area contributed by atoms with Gasteiger partial charge >= 0.3 is 0 Å².